The molecule has 0 aromatic heterocycles. The maximum atomic E-state index is 12.0. The van der Waals surface area contributed by atoms with E-state index in [0.717, 1.165) is 6.08 Å². The van der Waals surface area contributed by atoms with Crippen molar-refractivity contribution >= 4 is 53.5 Å². The Morgan fingerprint density at radius 3 is 0.641 bits per heavy atom. The van der Waals surface area contributed by atoms with Crippen LogP contribution in [0.5, 0.6) is 0 Å². The maximum absolute atomic E-state index is 12.0. The third kappa shape index (κ3) is 61.3. The van der Waals surface area contributed by atoms with Gasteiger partial charge < -0.3 is 110 Å². The van der Waals surface area contributed by atoms with Crippen LogP contribution < -0.4 is 67.1 Å². The topological polar surface area (TPSA) is 469 Å². The lowest BCUT2D eigenvalue weighted by atomic mass is 10.2. The van der Waals surface area contributed by atoms with Gasteiger partial charge in [-0.25, -0.2) is 4.79 Å². The SMILES string of the molecule is C=CC(=O)OC.COC(=O)CCN(CCC(=O)OC)CCN(CCC(=O)OC)CCC(=O)OC.NCCN.NCCN.NCCNC(=O)CCN(CCC(=O)NCCN)CCN(CCC(=O)NCCN)CCC(=O)NCCN. The van der Waals surface area contributed by atoms with Crippen molar-refractivity contribution in [1.82, 2.24) is 40.9 Å². The molecule has 0 aromatic carbocycles. The van der Waals surface area contributed by atoms with Crippen LogP contribution in [0.15, 0.2) is 12.7 Å². The molecule has 0 saturated heterocycles. The summed E-state index contributed by atoms with van der Waals surface area (Å²) in [6, 6.07) is 0. The summed E-state index contributed by atoms with van der Waals surface area (Å²) in [4.78, 5) is 112. The van der Waals surface area contributed by atoms with Gasteiger partial charge in [-0.2, -0.15) is 0 Å². The molecule has 0 rings (SSSR count). The fourth-order valence-electron chi connectivity index (χ4n) is 5.64. The Labute approximate surface area is 462 Å². The number of carbonyl (C=O) groups is 9. The van der Waals surface area contributed by atoms with Crippen molar-refractivity contribution < 1.29 is 66.8 Å². The number of amides is 4. The summed E-state index contributed by atoms with van der Waals surface area (Å²) in [6.45, 7) is 14.4. The van der Waals surface area contributed by atoms with Crippen LogP contribution in [0.25, 0.3) is 0 Å². The molecule has 30 heteroatoms. The van der Waals surface area contributed by atoms with Gasteiger partial charge in [0, 0.05) is 189 Å². The molecule has 0 saturated carbocycles. The molecule has 0 fully saturated rings. The van der Waals surface area contributed by atoms with E-state index in [9.17, 15) is 43.2 Å². The van der Waals surface area contributed by atoms with Crippen LogP contribution in [-0.4, -0.2) is 266 Å². The van der Waals surface area contributed by atoms with E-state index in [1.807, 2.05) is 19.6 Å². The van der Waals surface area contributed by atoms with Gasteiger partial charge in [-0.1, -0.05) is 6.58 Å². The Hall–Kier alpha value is -5.51. The number of methoxy groups -OCH3 is 5. The minimum absolute atomic E-state index is 0.108. The van der Waals surface area contributed by atoms with Crippen molar-refractivity contribution in [3.05, 3.63) is 12.7 Å². The molecular formula is C48H102N16O14. The monoisotopic (exact) mass is 1130 g/mol. The van der Waals surface area contributed by atoms with E-state index in [1.165, 1.54) is 35.5 Å². The molecule has 0 bridgehead atoms. The third-order valence-corrected chi connectivity index (χ3v) is 10.1. The largest absolute Gasteiger partial charge is 0.469 e. The number of nitrogens with one attached hydrogen (secondary N) is 4. The first-order valence-electron chi connectivity index (χ1n) is 25.9. The molecule has 0 atom stereocenters. The highest BCUT2D eigenvalue weighted by atomic mass is 16.5. The minimum atomic E-state index is -0.394. The Bertz CT molecular complexity index is 1370. The number of nitrogens with two attached hydrogens (primary N) is 8. The van der Waals surface area contributed by atoms with E-state index in [4.69, 9.17) is 45.9 Å². The van der Waals surface area contributed by atoms with E-state index in [0.29, 0.717) is 157 Å². The van der Waals surface area contributed by atoms with Crippen molar-refractivity contribution in [2.45, 2.75) is 51.4 Å². The fraction of sp³-hybridized carbons (Fsp3) is 0.771. The fourth-order valence-corrected chi connectivity index (χ4v) is 5.64. The highest BCUT2D eigenvalue weighted by molar-refractivity contribution is 5.81. The highest BCUT2D eigenvalue weighted by Crippen LogP contribution is 2.04. The molecule has 0 radical (unpaired) electrons. The Morgan fingerprint density at radius 2 is 0.513 bits per heavy atom. The zero-order valence-electron chi connectivity index (χ0n) is 47.5. The van der Waals surface area contributed by atoms with Gasteiger partial charge >= 0.3 is 29.8 Å². The van der Waals surface area contributed by atoms with Crippen LogP contribution in [0.2, 0.25) is 0 Å². The first kappa shape index (κ1) is 81.3. The molecular weight excluding hydrogens is 1020 g/mol. The summed E-state index contributed by atoms with van der Waals surface area (Å²) in [5.41, 5.74) is 41.3. The Kier molecular flexibility index (Phi) is 65.0. The van der Waals surface area contributed by atoms with Crippen LogP contribution in [-0.2, 0) is 66.8 Å². The minimum Gasteiger partial charge on any atom is -0.469 e. The van der Waals surface area contributed by atoms with Crippen LogP contribution in [0, 0.1) is 0 Å². The molecule has 0 aromatic rings. The lowest BCUT2D eigenvalue weighted by Crippen LogP contribution is -2.42. The van der Waals surface area contributed by atoms with Gasteiger partial charge in [-0.05, 0) is 0 Å². The second kappa shape index (κ2) is 62.3. The third-order valence-electron chi connectivity index (χ3n) is 10.1. The number of ether oxygens (including phenoxy) is 5. The summed E-state index contributed by atoms with van der Waals surface area (Å²) < 4.78 is 22.8. The zero-order valence-corrected chi connectivity index (χ0v) is 47.5. The van der Waals surface area contributed by atoms with Crippen LogP contribution >= 0.6 is 0 Å². The van der Waals surface area contributed by atoms with Gasteiger partial charge in [0.15, 0.2) is 0 Å². The van der Waals surface area contributed by atoms with Gasteiger partial charge in [0.25, 0.3) is 0 Å². The molecule has 458 valence electrons. The predicted molar refractivity (Wildman–Crippen MR) is 297 cm³/mol. The highest BCUT2D eigenvalue weighted by Gasteiger charge is 2.18. The number of hydrogen-bond donors (Lipinski definition) is 12. The number of esters is 5. The molecule has 0 aliphatic carbocycles. The van der Waals surface area contributed by atoms with E-state index in [-0.39, 0.29) is 98.9 Å². The van der Waals surface area contributed by atoms with E-state index in [2.05, 4.69) is 51.5 Å². The lowest BCUT2D eigenvalue weighted by Gasteiger charge is -2.27. The number of hydrogen-bond acceptors (Lipinski definition) is 26. The predicted octanol–water partition coefficient (Wildman–Crippen LogP) is -6.55. The van der Waals surface area contributed by atoms with Crippen molar-refractivity contribution in [2.75, 3.05) is 193 Å². The van der Waals surface area contributed by atoms with Crippen LogP contribution in [0.3, 0.4) is 0 Å². The van der Waals surface area contributed by atoms with Gasteiger partial charge in [0.05, 0.1) is 61.2 Å². The van der Waals surface area contributed by atoms with E-state index in [1.54, 1.807) is 0 Å². The van der Waals surface area contributed by atoms with Crippen LogP contribution in [0.1, 0.15) is 51.4 Å². The van der Waals surface area contributed by atoms with Crippen molar-refractivity contribution in [3.8, 4) is 0 Å². The summed E-state index contributed by atoms with van der Waals surface area (Å²) in [5.74, 6) is -2.17. The molecule has 0 spiro atoms. The average molecular weight is 1130 g/mol. The lowest BCUT2D eigenvalue weighted by molar-refractivity contribution is -0.143. The molecule has 4 amide bonds. The molecule has 20 N–H and O–H groups in total. The normalized spacial score (nSPS) is 10.2. The molecule has 0 aliphatic heterocycles. The Balaban J connectivity index is -0.000000371. The quantitative estimate of drug-likeness (QED) is 0.0154. The van der Waals surface area contributed by atoms with Gasteiger partial charge in [-0.15, -0.1) is 0 Å². The second-order valence-corrected chi connectivity index (χ2v) is 16.1. The van der Waals surface area contributed by atoms with Crippen molar-refractivity contribution in [1.29, 1.82) is 0 Å². The summed E-state index contributed by atoms with van der Waals surface area (Å²) in [7, 11) is 6.60. The van der Waals surface area contributed by atoms with Gasteiger partial charge in [-0.3, -0.25) is 38.4 Å². The molecule has 30 nitrogen and oxygen atoms in total. The number of carbonyl (C=O) groups excluding carboxylic acids is 9. The summed E-state index contributed by atoms with van der Waals surface area (Å²) >= 11 is 0. The average Bonchev–Trinajstić information content (AvgIpc) is 3.46. The molecule has 0 heterocycles. The summed E-state index contributed by atoms with van der Waals surface area (Å²) in [5, 5.41) is 11.0. The second-order valence-electron chi connectivity index (χ2n) is 16.1. The number of rotatable bonds is 41. The van der Waals surface area contributed by atoms with Crippen molar-refractivity contribution in [3.63, 3.8) is 0 Å². The smallest absolute Gasteiger partial charge is 0.329 e. The standard InChI is InChI=1S/C22H48N10O4.C18H32N2O8.C4H6O2.2C2H8N2/c23-5-9-27-19(33)1-13-31(14-2-20(34)28-10-6-24)17-18-32(15-3-21(35)29-11-7-25)16-4-22(36)30-12-8-26;1-25-15(21)5-9-19(10-6-16(22)26-2)13-14-20(11-7-17(23)27-3)12-8-18(24)28-4;1-3-4(5)6-2;2*3-1-2-4/h1-18,23-26H2,(H,27,33)(H,28,34)(H,29,35)(H,30,36);5-14H2,1-4H3;3H,1H2,2H3;2*1-4H2. The number of nitrogens with zero attached hydrogens (tertiary/aromatic N) is 4. The Morgan fingerprint density at radius 1 is 0.321 bits per heavy atom. The van der Waals surface area contributed by atoms with Crippen molar-refractivity contribution in [2.24, 2.45) is 45.9 Å². The van der Waals surface area contributed by atoms with E-state index < -0.39 is 5.97 Å². The zero-order chi connectivity index (χ0) is 60.2. The molecule has 78 heavy (non-hydrogen) atoms. The maximum Gasteiger partial charge on any atom is 0.329 e. The van der Waals surface area contributed by atoms with E-state index >= 15 is 0 Å². The van der Waals surface area contributed by atoms with Gasteiger partial charge in [0.1, 0.15) is 0 Å². The van der Waals surface area contributed by atoms with Gasteiger partial charge in [0.2, 0.25) is 23.6 Å². The molecule has 0 unspecified atom stereocenters. The molecule has 0 aliphatic rings. The first-order chi connectivity index (χ1) is 37.3. The first-order valence-corrected chi connectivity index (χ1v) is 25.9. The van der Waals surface area contributed by atoms with Crippen LogP contribution in [0.4, 0.5) is 0 Å². The summed E-state index contributed by atoms with van der Waals surface area (Å²) in [6.07, 6.45) is 2.98.